The summed E-state index contributed by atoms with van der Waals surface area (Å²) in [7, 11) is 0. The van der Waals surface area contributed by atoms with Crippen molar-refractivity contribution in [2.75, 3.05) is 31.1 Å². The first-order valence-electron chi connectivity index (χ1n) is 7.20. The lowest BCUT2D eigenvalue weighted by atomic mass is 10.0. The highest BCUT2D eigenvalue weighted by Crippen LogP contribution is 2.32. The van der Waals surface area contributed by atoms with Gasteiger partial charge >= 0.3 is 0 Å². The molecule has 1 aromatic rings. The van der Waals surface area contributed by atoms with Crippen LogP contribution in [0.3, 0.4) is 0 Å². The first kappa shape index (κ1) is 12.9. The minimum absolute atomic E-state index is 0.132. The monoisotopic (exact) mass is 263 g/mol. The van der Waals surface area contributed by atoms with Gasteiger partial charge in [0.25, 0.3) is 0 Å². The van der Waals surface area contributed by atoms with Crippen LogP contribution in [0, 0.1) is 5.82 Å². The molecule has 19 heavy (non-hydrogen) atoms. The SMILES string of the molecule is C[C@H](N)c1cccc(F)c1N1CCN2CCCC2C1. The smallest absolute Gasteiger partial charge is 0.146 e. The molecular formula is C15H22FN3. The maximum Gasteiger partial charge on any atom is 0.146 e. The molecule has 2 aliphatic heterocycles. The third-order valence-corrected chi connectivity index (χ3v) is 4.41. The van der Waals surface area contributed by atoms with Crippen LogP contribution >= 0.6 is 0 Å². The summed E-state index contributed by atoms with van der Waals surface area (Å²) in [4.78, 5) is 4.73. The van der Waals surface area contributed by atoms with Gasteiger partial charge in [-0.25, -0.2) is 4.39 Å². The number of piperazine rings is 1. The number of rotatable bonds is 2. The molecule has 4 heteroatoms. The van der Waals surface area contributed by atoms with E-state index in [9.17, 15) is 4.39 Å². The molecular weight excluding hydrogens is 241 g/mol. The molecule has 2 N–H and O–H groups in total. The lowest BCUT2D eigenvalue weighted by molar-refractivity contribution is 0.230. The maximum absolute atomic E-state index is 14.2. The van der Waals surface area contributed by atoms with Crippen molar-refractivity contribution in [2.24, 2.45) is 5.73 Å². The van der Waals surface area contributed by atoms with Crippen LogP contribution in [0.4, 0.5) is 10.1 Å². The third-order valence-electron chi connectivity index (χ3n) is 4.41. The molecule has 0 spiro atoms. The van der Waals surface area contributed by atoms with Crippen LogP contribution in [0.15, 0.2) is 18.2 Å². The Kier molecular flexibility index (Phi) is 3.46. The molecule has 0 radical (unpaired) electrons. The Morgan fingerprint density at radius 3 is 2.95 bits per heavy atom. The molecule has 2 atom stereocenters. The number of halogens is 1. The highest BCUT2D eigenvalue weighted by molar-refractivity contribution is 5.56. The molecule has 2 fully saturated rings. The van der Waals surface area contributed by atoms with E-state index in [2.05, 4.69) is 9.80 Å². The molecule has 0 aliphatic carbocycles. The van der Waals surface area contributed by atoms with Crippen molar-refractivity contribution >= 4 is 5.69 Å². The van der Waals surface area contributed by atoms with Crippen molar-refractivity contribution in [3.8, 4) is 0 Å². The minimum atomic E-state index is -0.138. The Morgan fingerprint density at radius 2 is 2.16 bits per heavy atom. The summed E-state index contributed by atoms with van der Waals surface area (Å²) in [6.45, 7) is 6.00. The summed E-state index contributed by atoms with van der Waals surface area (Å²) < 4.78 is 14.2. The molecule has 1 unspecified atom stereocenters. The Labute approximate surface area is 114 Å². The Hall–Kier alpha value is -1.13. The second-order valence-electron chi connectivity index (χ2n) is 5.74. The highest BCUT2D eigenvalue weighted by atomic mass is 19.1. The lowest BCUT2D eigenvalue weighted by Gasteiger charge is -2.40. The van der Waals surface area contributed by atoms with E-state index in [0.717, 1.165) is 30.9 Å². The van der Waals surface area contributed by atoms with Gasteiger partial charge in [0.05, 0.1) is 5.69 Å². The summed E-state index contributed by atoms with van der Waals surface area (Å²) in [5, 5.41) is 0. The predicted molar refractivity (Wildman–Crippen MR) is 75.8 cm³/mol. The first-order valence-corrected chi connectivity index (χ1v) is 7.20. The van der Waals surface area contributed by atoms with Gasteiger partial charge in [0.1, 0.15) is 5.82 Å². The lowest BCUT2D eigenvalue weighted by Crippen LogP contribution is -2.50. The average molecular weight is 263 g/mol. The van der Waals surface area contributed by atoms with Crippen molar-refractivity contribution in [1.82, 2.24) is 4.90 Å². The van der Waals surface area contributed by atoms with Crippen molar-refractivity contribution < 1.29 is 4.39 Å². The van der Waals surface area contributed by atoms with Gasteiger partial charge in [-0.05, 0) is 37.9 Å². The first-order chi connectivity index (χ1) is 9.16. The fraction of sp³-hybridized carbons (Fsp3) is 0.600. The van der Waals surface area contributed by atoms with Gasteiger partial charge in [-0.15, -0.1) is 0 Å². The van der Waals surface area contributed by atoms with Crippen molar-refractivity contribution in [3.63, 3.8) is 0 Å². The van der Waals surface area contributed by atoms with Crippen LogP contribution in [0.2, 0.25) is 0 Å². The van der Waals surface area contributed by atoms with Crippen molar-refractivity contribution in [3.05, 3.63) is 29.6 Å². The van der Waals surface area contributed by atoms with Gasteiger partial charge in [-0.1, -0.05) is 12.1 Å². The number of para-hydroxylation sites is 1. The second-order valence-corrected chi connectivity index (χ2v) is 5.74. The fourth-order valence-corrected chi connectivity index (χ4v) is 3.43. The largest absolute Gasteiger partial charge is 0.366 e. The number of hydrogen-bond acceptors (Lipinski definition) is 3. The zero-order valence-electron chi connectivity index (χ0n) is 11.5. The Bertz CT molecular complexity index is 461. The number of benzene rings is 1. The van der Waals surface area contributed by atoms with E-state index in [-0.39, 0.29) is 11.9 Å². The quantitative estimate of drug-likeness (QED) is 0.887. The minimum Gasteiger partial charge on any atom is -0.366 e. The third kappa shape index (κ3) is 2.35. The molecule has 1 aromatic carbocycles. The van der Waals surface area contributed by atoms with Gasteiger partial charge in [-0.2, -0.15) is 0 Å². The molecule has 0 saturated carbocycles. The zero-order valence-corrected chi connectivity index (χ0v) is 11.5. The van der Waals surface area contributed by atoms with E-state index < -0.39 is 0 Å². The van der Waals surface area contributed by atoms with Gasteiger partial charge in [0, 0.05) is 31.7 Å². The van der Waals surface area contributed by atoms with Gasteiger partial charge in [0.15, 0.2) is 0 Å². The summed E-state index contributed by atoms with van der Waals surface area (Å²) >= 11 is 0. The van der Waals surface area contributed by atoms with E-state index >= 15 is 0 Å². The van der Waals surface area contributed by atoms with Crippen molar-refractivity contribution in [1.29, 1.82) is 0 Å². The highest BCUT2D eigenvalue weighted by Gasteiger charge is 2.32. The maximum atomic E-state index is 14.2. The summed E-state index contributed by atoms with van der Waals surface area (Å²) in [5.74, 6) is -0.138. The molecule has 0 bridgehead atoms. The summed E-state index contributed by atoms with van der Waals surface area (Å²) in [6.07, 6.45) is 2.51. The zero-order chi connectivity index (χ0) is 13.4. The van der Waals surface area contributed by atoms with Crippen LogP contribution in [0.1, 0.15) is 31.4 Å². The van der Waals surface area contributed by atoms with E-state index in [1.54, 1.807) is 12.1 Å². The van der Waals surface area contributed by atoms with E-state index in [0.29, 0.717) is 6.04 Å². The van der Waals surface area contributed by atoms with Crippen LogP contribution < -0.4 is 10.6 Å². The molecule has 0 amide bonds. The molecule has 2 saturated heterocycles. The van der Waals surface area contributed by atoms with Crippen LogP contribution in [0.25, 0.3) is 0 Å². The van der Waals surface area contributed by atoms with Crippen LogP contribution in [-0.2, 0) is 0 Å². The van der Waals surface area contributed by atoms with Gasteiger partial charge in [-0.3, -0.25) is 4.90 Å². The summed E-state index contributed by atoms with van der Waals surface area (Å²) in [6, 6.07) is 5.71. The van der Waals surface area contributed by atoms with Gasteiger partial charge in [0.2, 0.25) is 0 Å². The van der Waals surface area contributed by atoms with Gasteiger partial charge < -0.3 is 10.6 Å². The number of nitrogens with zero attached hydrogens (tertiary/aromatic N) is 2. The number of anilines is 1. The standard InChI is InChI=1S/C15H22FN3/c1-11(17)13-5-2-6-14(16)15(13)19-9-8-18-7-3-4-12(18)10-19/h2,5-6,11-12H,3-4,7-10,17H2,1H3/t11-,12?/m0/s1. The average Bonchev–Trinajstić information content (AvgIpc) is 2.85. The number of hydrogen-bond donors (Lipinski definition) is 1. The predicted octanol–water partition coefficient (Wildman–Crippen LogP) is 2.13. The molecule has 104 valence electrons. The number of nitrogens with two attached hydrogens (primary N) is 1. The van der Waals surface area contributed by atoms with E-state index in [4.69, 9.17) is 5.73 Å². The van der Waals surface area contributed by atoms with Crippen LogP contribution in [-0.4, -0.2) is 37.1 Å². The van der Waals surface area contributed by atoms with E-state index in [1.165, 1.54) is 19.4 Å². The molecule has 3 rings (SSSR count). The fourth-order valence-electron chi connectivity index (χ4n) is 3.43. The summed E-state index contributed by atoms with van der Waals surface area (Å²) in [5.41, 5.74) is 7.64. The Morgan fingerprint density at radius 1 is 1.32 bits per heavy atom. The van der Waals surface area contributed by atoms with Crippen LogP contribution in [0.5, 0.6) is 0 Å². The number of fused-ring (bicyclic) bond motifs is 1. The van der Waals surface area contributed by atoms with Crippen molar-refractivity contribution in [2.45, 2.75) is 31.8 Å². The second kappa shape index (κ2) is 5.10. The normalized spacial score (nSPS) is 25.4. The van der Waals surface area contributed by atoms with E-state index in [1.807, 2.05) is 13.0 Å². The molecule has 2 aliphatic rings. The molecule has 2 heterocycles. The molecule has 0 aromatic heterocycles. The topological polar surface area (TPSA) is 32.5 Å². The Balaban J connectivity index is 1.89. The molecule has 3 nitrogen and oxygen atoms in total.